The maximum Gasteiger partial charge on any atom is 0.0725 e. The molecule has 0 amide bonds. The van der Waals surface area contributed by atoms with Gasteiger partial charge in [0.2, 0.25) is 0 Å². The van der Waals surface area contributed by atoms with E-state index in [0.717, 1.165) is 32.8 Å². The minimum absolute atomic E-state index is 0.436. The van der Waals surface area contributed by atoms with Crippen molar-refractivity contribution in [2.24, 2.45) is 5.92 Å². The summed E-state index contributed by atoms with van der Waals surface area (Å²) in [6.07, 6.45) is 0.436. The third-order valence-electron chi connectivity index (χ3n) is 3.55. The quantitative estimate of drug-likeness (QED) is 0.688. The van der Waals surface area contributed by atoms with Crippen LogP contribution in [-0.4, -0.2) is 61.8 Å². The van der Waals surface area contributed by atoms with Crippen LogP contribution in [0.4, 0.5) is 0 Å². The van der Waals surface area contributed by atoms with Gasteiger partial charge in [-0.05, 0) is 19.0 Å². The second-order valence-corrected chi connectivity index (χ2v) is 4.98. The van der Waals surface area contributed by atoms with Crippen LogP contribution in [0.3, 0.4) is 0 Å². The van der Waals surface area contributed by atoms with Crippen molar-refractivity contribution >= 4 is 0 Å². The summed E-state index contributed by atoms with van der Waals surface area (Å²) in [7, 11) is 0. The second kappa shape index (κ2) is 7.25. The summed E-state index contributed by atoms with van der Waals surface area (Å²) in [5.41, 5.74) is 0. The molecule has 0 aromatic carbocycles. The molecule has 1 atom stereocenters. The number of hydrogen-bond acceptors (Lipinski definition) is 3. The maximum absolute atomic E-state index is 5.77. The Labute approximate surface area is 101 Å². The van der Waals surface area contributed by atoms with Crippen molar-refractivity contribution in [2.45, 2.75) is 33.8 Å². The summed E-state index contributed by atoms with van der Waals surface area (Å²) in [5, 5.41) is 0. The van der Waals surface area contributed by atoms with E-state index in [2.05, 4.69) is 37.5 Å². The molecule has 1 aliphatic rings. The minimum atomic E-state index is 0.436. The molecule has 1 rings (SSSR count). The Morgan fingerprint density at radius 3 is 2.56 bits per heavy atom. The van der Waals surface area contributed by atoms with Crippen LogP contribution in [0.15, 0.2) is 0 Å². The number of likely N-dealkylation sites (N-methyl/N-ethyl adjacent to an activating group) is 1. The lowest BCUT2D eigenvalue weighted by atomic mass is 10.1. The molecule has 0 spiro atoms. The Kier molecular flexibility index (Phi) is 6.32. The first kappa shape index (κ1) is 13.9. The predicted molar refractivity (Wildman–Crippen MR) is 68.8 cm³/mol. The molecular formula is C13H28N2O. The molecule has 0 radical (unpaired) electrons. The van der Waals surface area contributed by atoms with Gasteiger partial charge in [0, 0.05) is 26.2 Å². The average molecular weight is 228 g/mol. The molecule has 1 fully saturated rings. The van der Waals surface area contributed by atoms with Crippen molar-refractivity contribution in [1.29, 1.82) is 0 Å². The molecule has 3 nitrogen and oxygen atoms in total. The molecule has 1 unspecified atom stereocenters. The highest BCUT2D eigenvalue weighted by molar-refractivity contribution is 4.74. The van der Waals surface area contributed by atoms with Crippen molar-refractivity contribution in [3.05, 3.63) is 0 Å². The molecule has 0 bridgehead atoms. The predicted octanol–water partition coefficient (Wildman–Crippen LogP) is 1.68. The highest BCUT2D eigenvalue weighted by Crippen LogP contribution is 2.12. The Morgan fingerprint density at radius 2 is 2.00 bits per heavy atom. The van der Waals surface area contributed by atoms with Crippen molar-refractivity contribution < 1.29 is 4.74 Å². The molecule has 0 N–H and O–H groups in total. The largest absolute Gasteiger partial charge is 0.375 e. The Hall–Kier alpha value is -0.120. The zero-order valence-corrected chi connectivity index (χ0v) is 11.4. The van der Waals surface area contributed by atoms with Crippen LogP contribution in [0.25, 0.3) is 0 Å². The van der Waals surface area contributed by atoms with Gasteiger partial charge in [-0.2, -0.15) is 0 Å². The zero-order chi connectivity index (χ0) is 12.0. The van der Waals surface area contributed by atoms with Crippen LogP contribution in [0.1, 0.15) is 27.7 Å². The second-order valence-electron chi connectivity index (χ2n) is 4.98. The zero-order valence-electron chi connectivity index (χ0n) is 11.4. The summed E-state index contributed by atoms with van der Waals surface area (Å²) in [6, 6.07) is 0. The van der Waals surface area contributed by atoms with Gasteiger partial charge in [0.25, 0.3) is 0 Å². The summed E-state index contributed by atoms with van der Waals surface area (Å²) >= 11 is 0. The molecule has 1 saturated heterocycles. The number of nitrogens with zero attached hydrogens (tertiary/aromatic N) is 2. The lowest BCUT2D eigenvalue weighted by molar-refractivity contribution is -0.0518. The van der Waals surface area contributed by atoms with Crippen LogP contribution >= 0.6 is 0 Å². The van der Waals surface area contributed by atoms with Crippen molar-refractivity contribution in [1.82, 2.24) is 9.80 Å². The minimum Gasteiger partial charge on any atom is -0.375 e. The molecule has 96 valence electrons. The van der Waals surface area contributed by atoms with Gasteiger partial charge in [0.05, 0.1) is 12.7 Å². The standard InChI is InChI=1S/C13H28N2O/c1-5-14(6-2)7-8-15-9-10-16-13(11-15)12(3)4/h12-13H,5-11H2,1-4H3. The van der Waals surface area contributed by atoms with Crippen molar-refractivity contribution in [3.63, 3.8) is 0 Å². The molecule has 0 saturated carbocycles. The number of ether oxygens (including phenoxy) is 1. The normalized spacial score (nSPS) is 23.2. The summed E-state index contributed by atoms with van der Waals surface area (Å²) in [6.45, 7) is 16.8. The van der Waals surface area contributed by atoms with Gasteiger partial charge in [0.15, 0.2) is 0 Å². The van der Waals surface area contributed by atoms with Gasteiger partial charge in [-0.15, -0.1) is 0 Å². The lowest BCUT2D eigenvalue weighted by Crippen LogP contribution is -2.47. The SMILES string of the molecule is CCN(CC)CCN1CCOC(C(C)C)C1. The molecule has 1 aliphatic heterocycles. The topological polar surface area (TPSA) is 15.7 Å². The van der Waals surface area contributed by atoms with E-state index in [1.54, 1.807) is 0 Å². The fraction of sp³-hybridized carbons (Fsp3) is 1.00. The van der Waals surface area contributed by atoms with E-state index in [9.17, 15) is 0 Å². The van der Waals surface area contributed by atoms with Crippen LogP contribution in [0, 0.1) is 5.92 Å². The first-order chi connectivity index (χ1) is 7.67. The summed E-state index contributed by atoms with van der Waals surface area (Å²) in [5.74, 6) is 0.635. The monoisotopic (exact) mass is 228 g/mol. The first-order valence-electron chi connectivity index (χ1n) is 6.73. The average Bonchev–Trinajstić information content (AvgIpc) is 2.31. The van der Waals surface area contributed by atoms with Gasteiger partial charge in [0.1, 0.15) is 0 Å². The Balaban J connectivity index is 2.26. The van der Waals surface area contributed by atoms with Crippen LogP contribution in [0.5, 0.6) is 0 Å². The Morgan fingerprint density at radius 1 is 1.31 bits per heavy atom. The Bertz CT molecular complexity index is 181. The smallest absolute Gasteiger partial charge is 0.0725 e. The fourth-order valence-corrected chi connectivity index (χ4v) is 2.16. The van der Waals surface area contributed by atoms with E-state index < -0.39 is 0 Å². The molecule has 3 heteroatoms. The maximum atomic E-state index is 5.77. The van der Waals surface area contributed by atoms with E-state index in [1.807, 2.05) is 0 Å². The van der Waals surface area contributed by atoms with Crippen LogP contribution in [0.2, 0.25) is 0 Å². The van der Waals surface area contributed by atoms with E-state index >= 15 is 0 Å². The third kappa shape index (κ3) is 4.40. The van der Waals surface area contributed by atoms with Gasteiger partial charge in [-0.25, -0.2) is 0 Å². The van der Waals surface area contributed by atoms with E-state index in [4.69, 9.17) is 4.74 Å². The molecule has 16 heavy (non-hydrogen) atoms. The molecule has 0 aromatic heterocycles. The lowest BCUT2D eigenvalue weighted by Gasteiger charge is -2.35. The van der Waals surface area contributed by atoms with Gasteiger partial charge >= 0.3 is 0 Å². The van der Waals surface area contributed by atoms with Gasteiger partial charge in [-0.1, -0.05) is 27.7 Å². The van der Waals surface area contributed by atoms with Crippen molar-refractivity contribution in [2.75, 3.05) is 45.9 Å². The molecule has 0 aliphatic carbocycles. The molecule has 1 heterocycles. The number of hydrogen-bond donors (Lipinski definition) is 0. The van der Waals surface area contributed by atoms with Crippen LogP contribution in [-0.2, 0) is 4.74 Å². The number of rotatable bonds is 6. The van der Waals surface area contributed by atoms with Crippen LogP contribution < -0.4 is 0 Å². The first-order valence-corrected chi connectivity index (χ1v) is 6.73. The van der Waals surface area contributed by atoms with Gasteiger partial charge in [-0.3, -0.25) is 4.90 Å². The van der Waals surface area contributed by atoms with E-state index in [-0.39, 0.29) is 0 Å². The van der Waals surface area contributed by atoms with E-state index in [1.165, 1.54) is 13.1 Å². The molecular weight excluding hydrogens is 200 g/mol. The fourth-order valence-electron chi connectivity index (χ4n) is 2.16. The third-order valence-corrected chi connectivity index (χ3v) is 3.55. The highest BCUT2D eigenvalue weighted by Gasteiger charge is 2.22. The molecule has 0 aromatic rings. The van der Waals surface area contributed by atoms with Gasteiger partial charge < -0.3 is 9.64 Å². The number of morpholine rings is 1. The highest BCUT2D eigenvalue weighted by atomic mass is 16.5. The van der Waals surface area contributed by atoms with E-state index in [0.29, 0.717) is 12.0 Å². The summed E-state index contributed by atoms with van der Waals surface area (Å²) in [4.78, 5) is 5.03. The summed E-state index contributed by atoms with van der Waals surface area (Å²) < 4.78 is 5.77. The van der Waals surface area contributed by atoms with Crippen molar-refractivity contribution in [3.8, 4) is 0 Å².